The molecule has 3 rings (SSSR count). The minimum Gasteiger partial charge on any atom is -0.369 e. The molecule has 6 nitrogen and oxygen atoms in total. The van der Waals surface area contributed by atoms with Crippen LogP contribution in [0.5, 0.6) is 0 Å². The van der Waals surface area contributed by atoms with Crippen LogP contribution in [0.15, 0.2) is 41.5 Å². The minimum atomic E-state index is 0.434. The molecule has 0 spiro atoms. The largest absolute Gasteiger partial charge is 0.369 e. The van der Waals surface area contributed by atoms with Gasteiger partial charge in [-0.2, -0.15) is 5.10 Å². The van der Waals surface area contributed by atoms with Gasteiger partial charge in [-0.25, -0.2) is 0 Å². The molecule has 6 heteroatoms. The van der Waals surface area contributed by atoms with Crippen LogP contribution in [-0.2, 0) is 6.42 Å². The second-order valence-electron chi connectivity index (χ2n) is 6.80. The third-order valence-electron chi connectivity index (χ3n) is 4.80. The second kappa shape index (κ2) is 9.27. The van der Waals surface area contributed by atoms with Gasteiger partial charge in [-0.3, -0.25) is 10.1 Å². The van der Waals surface area contributed by atoms with E-state index >= 15 is 0 Å². The number of aromatic nitrogens is 2. The van der Waals surface area contributed by atoms with E-state index in [2.05, 4.69) is 69.9 Å². The Bertz CT molecular complexity index is 693. The maximum Gasteiger partial charge on any atom is 0.191 e. The molecule has 1 atom stereocenters. The summed E-state index contributed by atoms with van der Waals surface area (Å²) in [7, 11) is 0. The lowest BCUT2D eigenvalue weighted by molar-refractivity contribution is 0.647. The van der Waals surface area contributed by atoms with E-state index < -0.39 is 0 Å². The normalized spacial score (nSPS) is 17.5. The summed E-state index contributed by atoms with van der Waals surface area (Å²) < 4.78 is 0. The molecule has 1 saturated heterocycles. The molecule has 1 aromatic heterocycles. The van der Waals surface area contributed by atoms with Gasteiger partial charge in [0.1, 0.15) is 0 Å². The molecule has 1 aromatic carbocycles. The maximum atomic E-state index is 4.75. The van der Waals surface area contributed by atoms with Gasteiger partial charge in [-0.1, -0.05) is 18.2 Å². The lowest BCUT2D eigenvalue weighted by atomic mass is 10.1. The molecule has 1 aliphatic rings. The lowest BCUT2D eigenvalue weighted by Gasteiger charge is -2.20. The molecule has 0 bridgehead atoms. The second-order valence-corrected chi connectivity index (χ2v) is 6.80. The first-order valence-corrected chi connectivity index (χ1v) is 9.60. The number of rotatable bonds is 7. The standard InChI is InChI=1S/C20H30N6/c1-3-21-20(22-12-7-8-17-14-23-25-16(17)2)24-18-11-13-26(15-18)19-9-5-4-6-10-19/h4-6,9-10,14,18H,3,7-8,11-13,15H2,1-2H3,(H,23,25)(H2,21,22,24). The predicted molar refractivity (Wildman–Crippen MR) is 108 cm³/mol. The summed E-state index contributed by atoms with van der Waals surface area (Å²) in [6.45, 7) is 7.97. The summed E-state index contributed by atoms with van der Waals surface area (Å²) >= 11 is 0. The van der Waals surface area contributed by atoms with E-state index in [1.54, 1.807) is 0 Å². The van der Waals surface area contributed by atoms with Crippen molar-refractivity contribution in [2.75, 3.05) is 31.1 Å². The van der Waals surface area contributed by atoms with Crippen molar-refractivity contribution in [3.05, 3.63) is 47.8 Å². The molecule has 2 heterocycles. The molecule has 26 heavy (non-hydrogen) atoms. The van der Waals surface area contributed by atoms with Gasteiger partial charge in [0.15, 0.2) is 5.96 Å². The van der Waals surface area contributed by atoms with Crippen molar-refractivity contribution in [1.29, 1.82) is 0 Å². The van der Waals surface area contributed by atoms with E-state index in [0.29, 0.717) is 6.04 Å². The Morgan fingerprint density at radius 3 is 2.92 bits per heavy atom. The average molecular weight is 355 g/mol. The first-order chi connectivity index (χ1) is 12.8. The van der Waals surface area contributed by atoms with Crippen LogP contribution < -0.4 is 15.5 Å². The van der Waals surface area contributed by atoms with Crippen molar-refractivity contribution in [2.45, 2.75) is 39.2 Å². The highest BCUT2D eigenvalue weighted by molar-refractivity contribution is 5.80. The Labute approximate surface area is 156 Å². The van der Waals surface area contributed by atoms with Gasteiger partial charge in [0.2, 0.25) is 0 Å². The van der Waals surface area contributed by atoms with Gasteiger partial charge in [0, 0.05) is 43.6 Å². The fourth-order valence-electron chi connectivity index (χ4n) is 3.35. The van der Waals surface area contributed by atoms with Crippen LogP contribution >= 0.6 is 0 Å². The Kier molecular flexibility index (Phi) is 6.52. The minimum absolute atomic E-state index is 0.434. The Hall–Kier alpha value is -2.50. The Morgan fingerprint density at radius 1 is 1.35 bits per heavy atom. The van der Waals surface area contributed by atoms with Crippen LogP contribution in [0.4, 0.5) is 5.69 Å². The third kappa shape index (κ3) is 5.00. The first kappa shape index (κ1) is 18.3. The molecule has 1 aliphatic heterocycles. The zero-order valence-corrected chi connectivity index (χ0v) is 15.8. The molecular formula is C20H30N6. The van der Waals surface area contributed by atoms with E-state index in [4.69, 9.17) is 4.99 Å². The highest BCUT2D eigenvalue weighted by Crippen LogP contribution is 2.19. The average Bonchev–Trinajstić information content (AvgIpc) is 3.29. The number of aryl methyl sites for hydroxylation is 2. The van der Waals surface area contributed by atoms with Gasteiger partial charge in [0.25, 0.3) is 0 Å². The van der Waals surface area contributed by atoms with Gasteiger partial charge in [-0.15, -0.1) is 0 Å². The molecule has 0 aliphatic carbocycles. The van der Waals surface area contributed by atoms with Crippen LogP contribution in [-0.4, -0.2) is 48.4 Å². The summed E-state index contributed by atoms with van der Waals surface area (Å²) in [6.07, 6.45) is 5.08. The fourth-order valence-corrected chi connectivity index (χ4v) is 3.35. The molecule has 1 fully saturated rings. The topological polar surface area (TPSA) is 68.3 Å². The number of para-hydroxylation sites is 1. The van der Waals surface area contributed by atoms with Gasteiger partial charge in [0.05, 0.1) is 6.20 Å². The number of guanidine groups is 1. The number of benzene rings is 1. The smallest absolute Gasteiger partial charge is 0.191 e. The maximum absolute atomic E-state index is 4.75. The number of hydrogen-bond acceptors (Lipinski definition) is 3. The summed E-state index contributed by atoms with van der Waals surface area (Å²) in [5, 5.41) is 14.0. The number of anilines is 1. The summed E-state index contributed by atoms with van der Waals surface area (Å²) in [4.78, 5) is 7.18. The number of nitrogens with one attached hydrogen (secondary N) is 3. The Morgan fingerprint density at radius 2 is 2.19 bits per heavy atom. The van der Waals surface area contributed by atoms with Crippen molar-refractivity contribution in [1.82, 2.24) is 20.8 Å². The monoisotopic (exact) mass is 354 g/mol. The fraction of sp³-hybridized carbons (Fsp3) is 0.500. The summed E-state index contributed by atoms with van der Waals surface area (Å²) in [5.41, 5.74) is 3.74. The van der Waals surface area contributed by atoms with Crippen LogP contribution in [0.25, 0.3) is 0 Å². The van der Waals surface area contributed by atoms with Crippen LogP contribution in [0.1, 0.15) is 31.0 Å². The number of H-pyrrole nitrogens is 1. The molecule has 3 N–H and O–H groups in total. The molecule has 0 amide bonds. The quantitative estimate of drug-likeness (QED) is 0.406. The highest BCUT2D eigenvalue weighted by atomic mass is 15.2. The van der Waals surface area contributed by atoms with E-state index in [1.807, 2.05) is 6.20 Å². The Balaban J connectivity index is 1.48. The van der Waals surface area contributed by atoms with Gasteiger partial charge >= 0.3 is 0 Å². The number of hydrogen-bond donors (Lipinski definition) is 3. The summed E-state index contributed by atoms with van der Waals surface area (Å²) in [6, 6.07) is 11.1. The van der Waals surface area contributed by atoms with Crippen molar-refractivity contribution in [3.63, 3.8) is 0 Å². The van der Waals surface area contributed by atoms with Gasteiger partial charge < -0.3 is 15.5 Å². The molecule has 0 saturated carbocycles. The van der Waals surface area contributed by atoms with E-state index in [-0.39, 0.29) is 0 Å². The van der Waals surface area contributed by atoms with Crippen molar-refractivity contribution in [2.24, 2.45) is 4.99 Å². The number of nitrogens with zero attached hydrogens (tertiary/aromatic N) is 3. The molecular weight excluding hydrogens is 324 g/mol. The highest BCUT2D eigenvalue weighted by Gasteiger charge is 2.23. The third-order valence-corrected chi connectivity index (χ3v) is 4.80. The van der Waals surface area contributed by atoms with Crippen LogP contribution in [0.3, 0.4) is 0 Å². The van der Waals surface area contributed by atoms with Crippen LogP contribution in [0, 0.1) is 6.92 Å². The van der Waals surface area contributed by atoms with Crippen molar-refractivity contribution < 1.29 is 0 Å². The molecule has 0 radical (unpaired) electrons. The predicted octanol–water partition coefficient (Wildman–Crippen LogP) is 2.48. The molecule has 140 valence electrons. The SMILES string of the molecule is CCNC(=NCCCc1cn[nH]c1C)NC1CCN(c2ccccc2)C1. The number of aliphatic imine (C=N–C) groups is 1. The zero-order valence-electron chi connectivity index (χ0n) is 15.8. The van der Waals surface area contributed by atoms with E-state index in [1.165, 1.54) is 11.3 Å². The van der Waals surface area contributed by atoms with Crippen molar-refractivity contribution >= 4 is 11.6 Å². The summed E-state index contributed by atoms with van der Waals surface area (Å²) in [5.74, 6) is 0.927. The van der Waals surface area contributed by atoms with Gasteiger partial charge in [-0.05, 0) is 50.8 Å². The molecule has 1 unspecified atom stereocenters. The first-order valence-electron chi connectivity index (χ1n) is 9.60. The lowest BCUT2D eigenvalue weighted by Crippen LogP contribution is -2.44. The van der Waals surface area contributed by atoms with E-state index in [9.17, 15) is 0 Å². The molecule has 2 aromatic rings. The van der Waals surface area contributed by atoms with Crippen LogP contribution in [0.2, 0.25) is 0 Å². The van der Waals surface area contributed by atoms with Crippen molar-refractivity contribution in [3.8, 4) is 0 Å². The zero-order chi connectivity index (χ0) is 18.2. The van der Waals surface area contributed by atoms with E-state index in [0.717, 1.165) is 57.1 Å². The number of aromatic amines is 1.